The highest BCUT2D eigenvalue weighted by atomic mass is 16.6. The molecule has 116 valence electrons. The molecule has 2 atom stereocenters. The van der Waals surface area contributed by atoms with Crippen molar-refractivity contribution >= 4 is 11.8 Å². The minimum absolute atomic E-state index is 0.116. The third kappa shape index (κ3) is 3.21. The van der Waals surface area contributed by atoms with E-state index in [2.05, 4.69) is 0 Å². The molecule has 0 saturated heterocycles. The molecule has 0 aliphatic heterocycles. The second-order valence-electron chi connectivity index (χ2n) is 5.43. The number of carboxylic acid groups (broad SMARTS) is 1. The van der Waals surface area contributed by atoms with Crippen LogP contribution in [0.15, 0.2) is 41.5 Å². The second-order valence-corrected chi connectivity index (χ2v) is 5.43. The van der Waals surface area contributed by atoms with Gasteiger partial charge >= 0.3 is 5.97 Å². The molecule has 22 heavy (non-hydrogen) atoms. The molecule has 1 unspecified atom stereocenters. The lowest BCUT2D eigenvalue weighted by Crippen LogP contribution is -2.29. The van der Waals surface area contributed by atoms with Gasteiger partial charge in [-0.05, 0) is 18.9 Å². The molecule has 1 aliphatic carbocycles. The molecule has 6 nitrogen and oxygen atoms in total. The molecule has 1 N–H and O–H groups in total. The van der Waals surface area contributed by atoms with Crippen LogP contribution in [0.5, 0.6) is 0 Å². The van der Waals surface area contributed by atoms with Crippen LogP contribution in [0.2, 0.25) is 0 Å². The van der Waals surface area contributed by atoms with E-state index in [-0.39, 0.29) is 18.6 Å². The summed E-state index contributed by atoms with van der Waals surface area (Å²) >= 11 is 0. The van der Waals surface area contributed by atoms with Gasteiger partial charge in [0.2, 0.25) is 6.54 Å². The number of carbonyl (C=O) groups excluding carboxylic acids is 1. The molecule has 1 aliphatic rings. The van der Waals surface area contributed by atoms with Crippen molar-refractivity contribution < 1.29 is 19.6 Å². The lowest BCUT2D eigenvalue weighted by molar-refractivity contribution is -0.481. The van der Waals surface area contributed by atoms with E-state index in [9.17, 15) is 24.8 Å². The van der Waals surface area contributed by atoms with E-state index in [1.54, 1.807) is 37.3 Å². The van der Waals surface area contributed by atoms with E-state index in [0.29, 0.717) is 16.7 Å². The van der Waals surface area contributed by atoms with Crippen molar-refractivity contribution in [3.63, 3.8) is 0 Å². The smallest absolute Gasteiger partial charge is 0.310 e. The maximum atomic E-state index is 12.3. The summed E-state index contributed by atoms with van der Waals surface area (Å²) in [5, 5.41) is 20.3. The van der Waals surface area contributed by atoms with Crippen molar-refractivity contribution in [1.29, 1.82) is 0 Å². The SMILES string of the molecule is CC1=C([C@@H](C[N+](=O)[O-])c2ccccc2)C(=O)CCC1C(=O)O. The quantitative estimate of drug-likeness (QED) is 0.665. The zero-order valence-corrected chi connectivity index (χ0v) is 12.2. The molecule has 0 heterocycles. The van der Waals surface area contributed by atoms with Gasteiger partial charge < -0.3 is 5.11 Å². The molecule has 2 rings (SSSR count). The van der Waals surface area contributed by atoms with Gasteiger partial charge in [-0.3, -0.25) is 19.7 Å². The summed E-state index contributed by atoms with van der Waals surface area (Å²) in [5.41, 5.74) is 1.40. The Kier molecular flexibility index (Phi) is 4.70. The number of nitrogens with zero attached hydrogens (tertiary/aromatic N) is 1. The maximum Gasteiger partial charge on any atom is 0.310 e. The van der Waals surface area contributed by atoms with Crippen molar-refractivity contribution in [2.45, 2.75) is 25.7 Å². The van der Waals surface area contributed by atoms with Crippen LogP contribution in [0.3, 0.4) is 0 Å². The zero-order valence-electron chi connectivity index (χ0n) is 12.2. The Hall–Kier alpha value is -2.50. The second kappa shape index (κ2) is 6.51. The van der Waals surface area contributed by atoms with Crippen molar-refractivity contribution in [2.24, 2.45) is 5.92 Å². The number of hydrogen-bond acceptors (Lipinski definition) is 4. The van der Waals surface area contributed by atoms with Crippen molar-refractivity contribution in [3.8, 4) is 0 Å². The molecule has 0 radical (unpaired) electrons. The van der Waals surface area contributed by atoms with Gasteiger partial charge in [-0.2, -0.15) is 0 Å². The Morgan fingerprint density at radius 2 is 2.05 bits per heavy atom. The van der Waals surface area contributed by atoms with Gasteiger partial charge in [0.15, 0.2) is 5.78 Å². The minimum Gasteiger partial charge on any atom is -0.481 e. The van der Waals surface area contributed by atoms with Gasteiger partial charge in [0.1, 0.15) is 0 Å². The summed E-state index contributed by atoms with van der Waals surface area (Å²) in [6.07, 6.45) is 0.369. The summed E-state index contributed by atoms with van der Waals surface area (Å²) in [6, 6.07) is 8.75. The first-order valence-corrected chi connectivity index (χ1v) is 7.05. The number of hydrogen-bond donors (Lipinski definition) is 1. The fourth-order valence-corrected chi connectivity index (χ4v) is 3.01. The summed E-state index contributed by atoms with van der Waals surface area (Å²) < 4.78 is 0. The molecular formula is C16H17NO5. The molecule has 0 fully saturated rings. The summed E-state index contributed by atoms with van der Waals surface area (Å²) in [5.74, 6) is -2.63. The van der Waals surface area contributed by atoms with Crippen LogP contribution < -0.4 is 0 Å². The maximum absolute atomic E-state index is 12.3. The largest absolute Gasteiger partial charge is 0.481 e. The van der Waals surface area contributed by atoms with Crippen molar-refractivity contribution in [3.05, 3.63) is 57.2 Å². The number of carboxylic acids is 1. The van der Waals surface area contributed by atoms with E-state index in [1.807, 2.05) is 0 Å². The normalized spacial score (nSPS) is 19.9. The predicted molar refractivity (Wildman–Crippen MR) is 79.1 cm³/mol. The number of Topliss-reactive ketones (excluding diaryl/α,β-unsaturated/α-hetero) is 1. The first-order valence-electron chi connectivity index (χ1n) is 7.05. The summed E-state index contributed by atoms with van der Waals surface area (Å²) in [7, 11) is 0. The average molecular weight is 303 g/mol. The van der Waals surface area contributed by atoms with Gasteiger partial charge in [0.25, 0.3) is 0 Å². The average Bonchev–Trinajstić information content (AvgIpc) is 2.46. The molecule has 1 aromatic rings. The van der Waals surface area contributed by atoms with Crippen LogP contribution in [0.25, 0.3) is 0 Å². The van der Waals surface area contributed by atoms with E-state index in [1.165, 1.54) is 0 Å². The number of ketones is 1. The Bertz CT molecular complexity index is 635. The Labute approximate surface area is 127 Å². The van der Waals surface area contributed by atoms with Crippen LogP contribution in [-0.4, -0.2) is 28.3 Å². The lowest BCUT2D eigenvalue weighted by Gasteiger charge is -2.26. The first-order chi connectivity index (χ1) is 10.4. The number of nitro groups is 1. The van der Waals surface area contributed by atoms with E-state index in [4.69, 9.17) is 0 Å². The fourth-order valence-electron chi connectivity index (χ4n) is 3.01. The van der Waals surface area contributed by atoms with Crippen LogP contribution >= 0.6 is 0 Å². The lowest BCUT2D eigenvalue weighted by atomic mass is 9.75. The molecular weight excluding hydrogens is 286 g/mol. The number of aliphatic carboxylic acids is 1. The van der Waals surface area contributed by atoms with Gasteiger partial charge in [0.05, 0.1) is 11.8 Å². The summed E-state index contributed by atoms with van der Waals surface area (Å²) in [4.78, 5) is 34.2. The van der Waals surface area contributed by atoms with E-state index >= 15 is 0 Å². The van der Waals surface area contributed by atoms with Gasteiger partial charge in [-0.15, -0.1) is 0 Å². The molecule has 0 spiro atoms. The van der Waals surface area contributed by atoms with Crippen molar-refractivity contribution in [1.82, 2.24) is 0 Å². The highest BCUT2D eigenvalue weighted by Crippen LogP contribution is 2.36. The number of rotatable bonds is 5. The third-order valence-corrected chi connectivity index (χ3v) is 4.09. The van der Waals surface area contributed by atoms with E-state index in [0.717, 1.165) is 0 Å². The van der Waals surface area contributed by atoms with Crippen molar-refractivity contribution in [2.75, 3.05) is 6.54 Å². The predicted octanol–water partition coefficient (Wildman–Crippen LogP) is 2.43. The number of benzene rings is 1. The van der Waals surface area contributed by atoms with Gasteiger partial charge in [-0.25, -0.2) is 0 Å². The fraction of sp³-hybridized carbons (Fsp3) is 0.375. The Balaban J connectivity index is 2.53. The highest BCUT2D eigenvalue weighted by molar-refractivity contribution is 6.00. The Morgan fingerprint density at radius 1 is 1.41 bits per heavy atom. The Morgan fingerprint density at radius 3 is 2.59 bits per heavy atom. The highest BCUT2D eigenvalue weighted by Gasteiger charge is 2.36. The van der Waals surface area contributed by atoms with Crippen LogP contribution in [0.4, 0.5) is 0 Å². The minimum atomic E-state index is -0.990. The van der Waals surface area contributed by atoms with Gasteiger partial charge in [-0.1, -0.05) is 35.9 Å². The summed E-state index contributed by atoms with van der Waals surface area (Å²) in [6.45, 7) is 1.18. The van der Waals surface area contributed by atoms with Crippen LogP contribution in [0, 0.1) is 16.0 Å². The standard InChI is InChI=1S/C16H17NO5/c1-10-12(16(19)20)7-8-14(18)15(10)13(9-17(21)22)11-5-3-2-4-6-11/h2-6,12-13H,7-9H2,1H3,(H,19,20)/t12?,13-/m0/s1. The molecule has 0 saturated carbocycles. The van der Waals surface area contributed by atoms with E-state index < -0.39 is 29.3 Å². The molecule has 6 heteroatoms. The molecule has 0 amide bonds. The molecule has 1 aromatic carbocycles. The van der Waals surface area contributed by atoms with Gasteiger partial charge in [0, 0.05) is 16.9 Å². The molecule has 0 aromatic heterocycles. The zero-order chi connectivity index (χ0) is 16.3. The van der Waals surface area contributed by atoms with Crippen LogP contribution in [-0.2, 0) is 9.59 Å². The molecule has 0 bridgehead atoms. The van der Waals surface area contributed by atoms with Crippen LogP contribution in [0.1, 0.15) is 31.2 Å². The topological polar surface area (TPSA) is 97.5 Å². The monoisotopic (exact) mass is 303 g/mol. The third-order valence-electron chi connectivity index (χ3n) is 4.09. The first kappa shape index (κ1) is 15.9. The number of carbonyl (C=O) groups is 2.